The van der Waals surface area contributed by atoms with E-state index in [4.69, 9.17) is 9.47 Å². The number of aromatic nitrogens is 1. The fourth-order valence-corrected chi connectivity index (χ4v) is 1.76. The van der Waals surface area contributed by atoms with Gasteiger partial charge in [-0.15, -0.1) is 0 Å². The van der Waals surface area contributed by atoms with E-state index in [1.807, 2.05) is 18.2 Å². The second-order valence-corrected chi connectivity index (χ2v) is 3.93. The summed E-state index contributed by atoms with van der Waals surface area (Å²) in [6, 6.07) is 8.97. The van der Waals surface area contributed by atoms with Gasteiger partial charge < -0.3 is 9.47 Å². The van der Waals surface area contributed by atoms with Crippen LogP contribution in [0.1, 0.15) is 12.8 Å². The zero-order valence-electron chi connectivity index (χ0n) is 9.38. The number of nitrogens with zero attached hydrogens (tertiary/aromatic N) is 1. The van der Waals surface area contributed by atoms with Gasteiger partial charge in [0, 0.05) is 5.39 Å². The number of benzene rings is 1. The van der Waals surface area contributed by atoms with Crippen molar-refractivity contribution in [1.82, 2.24) is 4.98 Å². The van der Waals surface area contributed by atoms with Gasteiger partial charge in [0.05, 0.1) is 18.4 Å². The number of fused-ring (bicyclic) bond motifs is 2. The van der Waals surface area contributed by atoms with Gasteiger partial charge in [-0.2, -0.15) is 0 Å². The van der Waals surface area contributed by atoms with E-state index in [0.29, 0.717) is 5.52 Å². The molecule has 0 bridgehead atoms. The topological polar surface area (TPSA) is 65.5 Å². The van der Waals surface area contributed by atoms with E-state index in [-0.39, 0.29) is 24.5 Å². The molecule has 5 heteroatoms. The van der Waals surface area contributed by atoms with Crippen LogP contribution in [0.5, 0.6) is 11.6 Å². The molecule has 0 saturated carbocycles. The first-order valence-electron chi connectivity index (χ1n) is 5.53. The standard InChI is InChI=1S/C13H9NO4/c15-11-5-6-12(16)18-13-10(17-11)7-8-3-1-2-4-9(8)14-13/h1-4,7H,5-6H2. The largest absolute Gasteiger partial charge is 0.421 e. The van der Waals surface area contributed by atoms with Crippen LogP contribution >= 0.6 is 0 Å². The summed E-state index contributed by atoms with van der Waals surface area (Å²) in [6.07, 6.45) is 0.0257. The van der Waals surface area contributed by atoms with Crippen LogP contribution in [0, 0.1) is 0 Å². The van der Waals surface area contributed by atoms with Gasteiger partial charge in [-0.05, 0) is 12.1 Å². The molecule has 0 unspecified atom stereocenters. The zero-order valence-corrected chi connectivity index (χ0v) is 9.38. The summed E-state index contributed by atoms with van der Waals surface area (Å²) < 4.78 is 10.2. The van der Waals surface area contributed by atoms with Crippen molar-refractivity contribution in [2.45, 2.75) is 12.8 Å². The molecule has 2 aromatic rings. The molecule has 18 heavy (non-hydrogen) atoms. The Bertz CT molecular complexity index is 594. The second kappa shape index (κ2) is 4.10. The molecule has 5 nitrogen and oxygen atoms in total. The van der Waals surface area contributed by atoms with Crippen LogP contribution in [0.25, 0.3) is 10.9 Å². The molecule has 0 N–H and O–H groups in total. The van der Waals surface area contributed by atoms with Gasteiger partial charge in [0.25, 0.3) is 5.88 Å². The molecular formula is C13H9NO4. The predicted molar refractivity (Wildman–Crippen MR) is 62.2 cm³/mol. The molecular weight excluding hydrogens is 234 g/mol. The van der Waals surface area contributed by atoms with E-state index in [0.717, 1.165) is 5.39 Å². The molecule has 1 aliphatic heterocycles. The highest BCUT2D eigenvalue weighted by Crippen LogP contribution is 2.31. The summed E-state index contributed by atoms with van der Waals surface area (Å²) in [5, 5.41) is 0.820. The number of para-hydroxylation sites is 1. The van der Waals surface area contributed by atoms with Crippen LogP contribution in [0.2, 0.25) is 0 Å². The first-order valence-corrected chi connectivity index (χ1v) is 5.53. The van der Waals surface area contributed by atoms with Gasteiger partial charge >= 0.3 is 11.9 Å². The molecule has 0 fully saturated rings. The molecule has 1 aliphatic rings. The van der Waals surface area contributed by atoms with E-state index >= 15 is 0 Å². The Morgan fingerprint density at radius 3 is 2.56 bits per heavy atom. The predicted octanol–water partition coefficient (Wildman–Crippen LogP) is 1.84. The summed E-state index contributed by atoms with van der Waals surface area (Å²) in [5.41, 5.74) is 0.681. The minimum atomic E-state index is -0.476. The highest BCUT2D eigenvalue weighted by Gasteiger charge is 2.21. The van der Waals surface area contributed by atoms with Crippen molar-refractivity contribution in [3.8, 4) is 11.6 Å². The lowest BCUT2D eigenvalue weighted by molar-refractivity contribution is -0.142. The van der Waals surface area contributed by atoms with Crippen molar-refractivity contribution in [2.75, 3.05) is 0 Å². The number of carbonyl (C=O) groups excluding carboxylic acids is 2. The molecule has 3 rings (SSSR count). The molecule has 0 spiro atoms. The van der Waals surface area contributed by atoms with Crippen molar-refractivity contribution in [3.63, 3.8) is 0 Å². The smallest absolute Gasteiger partial charge is 0.313 e. The zero-order chi connectivity index (χ0) is 12.5. The first-order chi connectivity index (χ1) is 8.72. The third-order valence-corrected chi connectivity index (χ3v) is 2.62. The van der Waals surface area contributed by atoms with Gasteiger partial charge in [0.1, 0.15) is 0 Å². The van der Waals surface area contributed by atoms with E-state index < -0.39 is 11.9 Å². The summed E-state index contributed by atoms with van der Waals surface area (Å²) in [6.45, 7) is 0. The second-order valence-electron chi connectivity index (χ2n) is 3.93. The fourth-order valence-electron chi connectivity index (χ4n) is 1.76. The Morgan fingerprint density at radius 2 is 1.72 bits per heavy atom. The summed E-state index contributed by atoms with van der Waals surface area (Å²) in [7, 11) is 0. The average Bonchev–Trinajstić information content (AvgIpc) is 2.35. The van der Waals surface area contributed by atoms with Crippen molar-refractivity contribution in [2.24, 2.45) is 0 Å². The Labute approximate surface area is 102 Å². The first kappa shape index (κ1) is 10.7. The maximum Gasteiger partial charge on any atom is 0.313 e. The molecule has 2 heterocycles. The summed E-state index contributed by atoms with van der Waals surface area (Å²) in [5.74, 6) is -0.695. The van der Waals surface area contributed by atoms with E-state index in [1.165, 1.54) is 0 Å². The van der Waals surface area contributed by atoms with Gasteiger partial charge in [0.15, 0.2) is 5.75 Å². The lowest BCUT2D eigenvalue weighted by atomic mass is 10.2. The van der Waals surface area contributed by atoms with Gasteiger partial charge in [-0.25, -0.2) is 4.98 Å². The Balaban J connectivity index is 2.17. The molecule has 0 radical (unpaired) electrons. The normalized spacial score (nSPS) is 15.3. The third kappa shape index (κ3) is 1.90. The molecule has 0 atom stereocenters. The van der Waals surface area contributed by atoms with Gasteiger partial charge in [-0.1, -0.05) is 18.2 Å². The Hall–Kier alpha value is -2.43. The van der Waals surface area contributed by atoms with Crippen LogP contribution in [0.3, 0.4) is 0 Å². The number of hydrogen-bond acceptors (Lipinski definition) is 5. The lowest BCUT2D eigenvalue weighted by Crippen LogP contribution is -2.19. The van der Waals surface area contributed by atoms with E-state index in [1.54, 1.807) is 12.1 Å². The van der Waals surface area contributed by atoms with Gasteiger partial charge in [0.2, 0.25) is 0 Å². The van der Waals surface area contributed by atoms with Crippen molar-refractivity contribution >= 4 is 22.8 Å². The minimum absolute atomic E-state index is 0.00673. The third-order valence-electron chi connectivity index (χ3n) is 2.62. The number of ether oxygens (including phenoxy) is 2. The Kier molecular flexibility index (Phi) is 2.44. The highest BCUT2D eigenvalue weighted by atomic mass is 16.6. The maximum atomic E-state index is 11.4. The SMILES string of the molecule is O=C1CCC(=O)Oc2nc3ccccc3cc2O1. The molecule has 1 aromatic carbocycles. The molecule has 0 aliphatic carbocycles. The van der Waals surface area contributed by atoms with Crippen LogP contribution < -0.4 is 9.47 Å². The molecule has 1 aromatic heterocycles. The molecule has 90 valence electrons. The quantitative estimate of drug-likeness (QED) is 0.660. The number of carbonyl (C=O) groups is 2. The van der Waals surface area contributed by atoms with Crippen molar-refractivity contribution < 1.29 is 19.1 Å². The Morgan fingerprint density at radius 1 is 1.00 bits per heavy atom. The monoisotopic (exact) mass is 243 g/mol. The minimum Gasteiger partial charge on any atom is -0.421 e. The van der Waals surface area contributed by atoms with Crippen LogP contribution in [0.4, 0.5) is 0 Å². The molecule has 0 amide bonds. The summed E-state index contributed by atoms with van der Waals surface area (Å²) in [4.78, 5) is 27.0. The number of rotatable bonds is 0. The van der Waals surface area contributed by atoms with Crippen LogP contribution in [0.15, 0.2) is 30.3 Å². The number of pyridine rings is 1. The fraction of sp³-hybridized carbons (Fsp3) is 0.154. The van der Waals surface area contributed by atoms with Gasteiger partial charge in [-0.3, -0.25) is 9.59 Å². The number of esters is 2. The van der Waals surface area contributed by atoms with Crippen LogP contribution in [-0.4, -0.2) is 16.9 Å². The molecule has 0 saturated heterocycles. The van der Waals surface area contributed by atoms with Crippen molar-refractivity contribution in [3.05, 3.63) is 30.3 Å². The van der Waals surface area contributed by atoms with E-state index in [9.17, 15) is 9.59 Å². The average molecular weight is 243 g/mol. The van der Waals surface area contributed by atoms with E-state index in [2.05, 4.69) is 4.98 Å². The number of hydrogen-bond donors (Lipinski definition) is 0. The maximum absolute atomic E-state index is 11.4. The lowest BCUT2D eigenvalue weighted by Gasteiger charge is -2.13. The summed E-state index contributed by atoms with van der Waals surface area (Å²) >= 11 is 0. The van der Waals surface area contributed by atoms with Crippen molar-refractivity contribution in [1.29, 1.82) is 0 Å². The highest BCUT2D eigenvalue weighted by molar-refractivity contribution is 5.86. The van der Waals surface area contributed by atoms with Crippen LogP contribution in [-0.2, 0) is 9.59 Å².